The van der Waals surface area contributed by atoms with Crippen LogP contribution < -0.4 is 4.74 Å². The van der Waals surface area contributed by atoms with Gasteiger partial charge in [0.2, 0.25) is 0 Å². The van der Waals surface area contributed by atoms with Gasteiger partial charge < -0.3 is 14.7 Å². The van der Waals surface area contributed by atoms with Crippen LogP contribution in [0.25, 0.3) is 0 Å². The number of amides is 1. The van der Waals surface area contributed by atoms with Crippen molar-refractivity contribution in [2.45, 2.75) is 26.7 Å². The zero-order chi connectivity index (χ0) is 19.6. The van der Waals surface area contributed by atoms with Crippen molar-refractivity contribution in [1.82, 2.24) is 14.9 Å². The highest BCUT2D eigenvalue weighted by Crippen LogP contribution is 2.28. The SMILES string of the molecule is COc1ccc(C(=O)O)cc1CC1CCN(C(=O)c2c(C)ncnc2C)C1. The van der Waals surface area contributed by atoms with Crippen molar-refractivity contribution < 1.29 is 19.4 Å². The minimum Gasteiger partial charge on any atom is -0.496 e. The molecule has 1 fully saturated rings. The van der Waals surface area contributed by atoms with E-state index in [1.54, 1.807) is 19.2 Å². The van der Waals surface area contributed by atoms with Crippen LogP contribution in [0.1, 0.15) is 44.1 Å². The molecular formula is C20H23N3O4. The maximum atomic E-state index is 12.9. The van der Waals surface area contributed by atoms with Crippen molar-refractivity contribution in [2.75, 3.05) is 20.2 Å². The van der Waals surface area contributed by atoms with E-state index < -0.39 is 5.97 Å². The summed E-state index contributed by atoms with van der Waals surface area (Å²) in [6.07, 6.45) is 2.99. The molecule has 2 aromatic rings. The van der Waals surface area contributed by atoms with Crippen molar-refractivity contribution in [1.29, 1.82) is 0 Å². The number of aromatic carboxylic acids is 1. The van der Waals surface area contributed by atoms with Gasteiger partial charge in [-0.05, 0) is 56.4 Å². The average Bonchev–Trinajstić information content (AvgIpc) is 3.10. The minimum atomic E-state index is -0.961. The molecule has 1 amide bonds. The van der Waals surface area contributed by atoms with Gasteiger partial charge >= 0.3 is 5.97 Å². The maximum absolute atomic E-state index is 12.9. The second-order valence-corrected chi connectivity index (χ2v) is 6.86. The van der Waals surface area contributed by atoms with Gasteiger partial charge in [-0.3, -0.25) is 4.79 Å². The number of benzene rings is 1. The van der Waals surface area contributed by atoms with Crippen LogP contribution in [0.2, 0.25) is 0 Å². The molecule has 1 unspecified atom stereocenters. The highest BCUT2D eigenvalue weighted by molar-refractivity contribution is 5.96. The van der Waals surface area contributed by atoms with E-state index in [9.17, 15) is 14.7 Å². The van der Waals surface area contributed by atoms with E-state index in [1.165, 1.54) is 12.4 Å². The molecule has 0 saturated carbocycles. The fourth-order valence-electron chi connectivity index (χ4n) is 3.63. The molecule has 7 heteroatoms. The van der Waals surface area contributed by atoms with Crippen molar-refractivity contribution in [3.63, 3.8) is 0 Å². The summed E-state index contributed by atoms with van der Waals surface area (Å²) in [5, 5.41) is 9.22. The van der Waals surface area contributed by atoms with Crippen LogP contribution in [0.3, 0.4) is 0 Å². The number of methoxy groups -OCH3 is 1. The van der Waals surface area contributed by atoms with E-state index in [1.807, 2.05) is 18.7 Å². The Hall–Kier alpha value is -2.96. The van der Waals surface area contributed by atoms with E-state index >= 15 is 0 Å². The van der Waals surface area contributed by atoms with Crippen LogP contribution in [0, 0.1) is 19.8 Å². The third kappa shape index (κ3) is 3.92. The number of likely N-dealkylation sites (tertiary alicyclic amines) is 1. The third-order valence-electron chi connectivity index (χ3n) is 5.05. The highest BCUT2D eigenvalue weighted by Gasteiger charge is 2.29. The Bertz CT molecular complexity index is 861. The summed E-state index contributed by atoms with van der Waals surface area (Å²) in [5.41, 5.74) is 3.04. The zero-order valence-electron chi connectivity index (χ0n) is 15.7. The lowest BCUT2D eigenvalue weighted by atomic mass is 9.96. The van der Waals surface area contributed by atoms with E-state index in [4.69, 9.17) is 4.74 Å². The highest BCUT2D eigenvalue weighted by atomic mass is 16.5. The van der Waals surface area contributed by atoms with Crippen LogP contribution in [-0.2, 0) is 6.42 Å². The molecule has 0 spiro atoms. The number of ether oxygens (including phenoxy) is 1. The second kappa shape index (κ2) is 7.73. The fourth-order valence-corrected chi connectivity index (χ4v) is 3.63. The molecule has 0 aliphatic carbocycles. The van der Waals surface area contributed by atoms with Gasteiger partial charge in [0.15, 0.2) is 0 Å². The molecular weight excluding hydrogens is 346 g/mol. The summed E-state index contributed by atoms with van der Waals surface area (Å²) < 4.78 is 5.38. The molecule has 1 aliphatic rings. The lowest BCUT2D eigenvalue weighted by Crippen LogP contribution is -2.30. The molecule has 0 bridgehead atoms. The van der Waals surface area contributed by atoms with Gasteiger partial charge in [0, 0.05) is 13.1 Å². The van der Waals surface area contributed by atoms with Gasteiger partial charge in [-0.25, -0.2) is 14.8 Å². The number of nitrogens with zero attached hydrogens (tertiary/aromatic N) is 3. The number of hydrogen-bond acceptors (Lipinski definition) is 5. The standard InChI is InChI=1S/C20H23N3O4/c1-12-18(13(2)22-11-21-12)19(24)23-7-6-14(10-23)8-16-9-15(20(25)26)4-5-17(16)27-3/h4-5,9,11,14H,6-8,10H2,1-3H3,(H,25,26). The molecule has 1 atom stereocenters. The monoisotopic (exact) mass is 369 g/mol. The van der Waals surface area contributed by atoms with Crippen molar-refractivity contribution in [3.05, 3.63) is 52.6 Å². The Morgan fingerprint density at radius 1 is 1.26 bits per heavy atom. The van der Waals surface area contributed by atoms with Crippen LogP contribution in [-0.4, -0.2) is 52.1 Å². The number of carbonyl (C=O) groups excluding carboxylic acids is 1. The largest absolute Gasteiger partial charge is 0.496 e. The van der Waals surface area contributed by atoms with Gasteiger partial charge in [-0.2, -0.15) is 0 Å². The number of carboxylic acid groups (broad SMARTS) is 1. The molecule has 1 aromatic heterocycles. The zero-order valence-corrected chi connectivity index (χ0v) is 15.7. The summed E-state index contributed by atoms with van der Waals surface area (Å²) in [6.45, 7) is 4.92. The summed E-state index contributed by atoms with van der Waals surface area (Å²) in [5.74, 6) is -0.0819. The lowest BCUT2D eigenvalue weighted by Gasteiger charge is -2.19. The molecule has 1 aliphatic heterocycles. The third-order valence-corrected chi connectivity index (χ3v) is 5.05. The number of carboxylic acids is 1. The number of aromatic nitrogens is 2. The first-order valence-electron chi connectivity index (χ1n) is 8.88. The van der Waals surface area contributed by atoms with Gasteiger partial charge in [-0.1, -0.05) is 0 Å². The first-order valence-corrected chi connectivity index (χ1v) is 8.88. The van der Waals surface area contributed by atoms with Gasteiger partial charge in [0.05, 0.1) is 29.6 Å². The number of hydrogen-bond donors (Lipinski definition) is 1. The first-order chi connectivity index (χ1) is 12.9. The molecule has 1 aromatic carbocycles. The van der Waals surface area contributed by atoms with Gasteiger partial charge in [-0.15, -0.1) is 0 Å². The Balaban J connectivity index is 1.74. The van der Waals surface area contributed by atoms with Gasteiger partial charge in [0.1, 0.15) is 12.1 Å². The predicted molar refractivity (Wildman–Crippen MR) is 99.2 cm³/mol. The summed E-state index contributed by atoms with van der Waals surface area (Å²) in [4.78, 5) is 34.2. The normalized spacial score (nSPS) is 16.4. The molecule has 0 radical (unpaired) electrons. The second-order valence-electron chi connectivity index (χ2n) is 6.86. The lowest BCUT2D eigenvalue weighted by molar-refractivity contribution is 0.0696. The van der Waals surface area contributed by atoms with Crippen LogP contribution >= 0.6 is 0 Å². The maximum Gasteiger partial charge on any atom is 0.335 e. The van der Waals surface area contributed by atoms with E-state index in [2.05, 4.69) is 9.97 Å². The molecule has 3 rings (SSSR count). The van der Waals surface area contributed by atoms with Crippen molar-refractivity contribution in [2.24, 2.45) is 5.92 Å². The minimum absolute atomic E-state index is 0.0423. The number of rotatable bonds is 5. The Morgan fingerprint density at radius 2 is 1.96 bits per heavy atom. The van der Waals surface area contributed by atoms with Gasteiger partial charge in [0.25, 0.3) is 5.91 Å². The van der Waals surface area contributed by atoms with Crippen molar-refractivity contribution >= 4 is 11.9 Å². The quantitative estimate of drug-likeness (QED) is 0.870. The summed E-state index contributed by atoms with van der Waals surface area (Å²) >= 11 is 0. The van der Waals surface area contributed by atoms with Crippen LogP contribution in [0.4, 0.5) is 0 Å². The average molecular weight is 369 g/mol. The molecule has 142 valence electrons. The van der Waals surface area contributed by atoms with Crippen molar-refractivity contribution in [3.8, 4) is 5.75 Å². The predicted octanol–water partition coefficient (Wildman–Crippen LogP) is 2.51. The summed E-state index contributed by atoms with van der Waals surface area (Å²) in [7, 11) is 1.57. The molecule has 27 heavy (non-hydrogen) atoms. The van der Waals surface area contributed by atoms with Crippen LogP contribution in [0.5, 0.6) is 5.75 Å². The smallest absolute Gasteiger partial charge is 0.335 e. The molecule has 2 heterocycles. The topological polar surface area (TPSA) is 92.6 Å². The number of aryl methyl sites for hydroxylation is 2. The van der Waals surface area contributed by atoms with E-state index in [0.717, 1.165) is 12.0 Å². The molecule has 1 saturated heterocycles. The Kier molecular flexibility index (Phi) is 5.39. The van der Waals surface area contributed by atoms with Crippen LogP contribution in [0.15, 0.2) is 24.5 Å². The summed E-state index contributed by atoms with van der Waals surface area (Å²) in [6, 6.07) is 4.88. The molecule has 1 N–H and O–H groups in total. The first kappa shape index (κ1) is 18.8. The Morgan fingerprint density at radius 3 is 2.59 bits per heavy atom. The van der Waals surface area contributed by atoms with E-state index in [-0.39, 0.29) is 17.4 Å². The Labute approximate surface area is 158 Å². The fraction of sp³-hybridized carbons (Fsp3) is 0.400. The molecule has 7 nitrogen and oxygen atoms in total. The van der Waals surface area contributed by atoms with E-state index in [0.29, 0.717) is 42.2 Å². The number of carbonyl (C=O) groups is 2.